The van der Waals surface area contributed by atoms with Gasteiger partial charge in [-0.1, -0.05) is 30.3 Å². The van der Waals surface area contributed by atoms with E-state index in [0.717, 1.165) is 37.0 Å². The Hall–Kier alpha value is -3.17. The molecular formula is C28H31ClN3O5-. The number of rotatable bonds is 9. The van der Waals surface area contributed by atoms with Crippen LogP contribution in [0.25, 0.3) is 10.8 Å². The SMILES string of the molecule is COc1cccc(OCC(O)CN2CCN(CCN3C(=O)c4cccc5cccc(c45)C3=O)CC2)c1.[Cl-]. The number of methoxy groups -OCH3 is 1. The number of nitrogens with zero attached hydrogens (tertiary/aromatic N) is 3. The van der Waals surface area contributed by atoms with E-state index in [1.165, 1.54) is 4.90 Å². The lowest BCUT2D eigenvalue weighted by molar-refractivity contribution is -0.0000343. The van der Waals surface area contributed by atoms with Crippen LogP contribution < -0.4 is 21.9 Å². The van der Waals surface area contributed by atoms with Gasteiger partial charge < -0.3 is 27.0 Å². The van der Waals surface area contributed by atoms with Gasteiger partial charge in [-0.15, -0.1) is 0 Å². The van der Waals surface area contributed by atoms with Crippen LogP contribution in [-0.2, 0) is 0 Å². The van der Waals surface area contributed by atoms with Crippen molar-refractivity contribution in [3.8, 4) is 11.5 Å². The molecule has 3 aromatic carbocycles. The quantitative estimate of drug-likeness (QED) is 0.378. The first kappa shape index (κ1) is 26.9. The first-order valence-electron chi connectivity index (χ1n) is 12.3. The van der Waals surface area contributed by atoms with Crippen LogP contribution in [0.15, 0.2) is 60.7 Å². The van der Waals surface area contributed by atoms with Gasteiger partial charge in [-0.3, -0.25) is 24.3 Å². The first-order chi connectivity index (χ1) is 17.5. The molecule has 2 amide bonds. The molecule has 1 atom stereocenters. The van der Waals surface area contributed by atoms with E-state index in [1.807, 2.05) is 42.5 Å². The maximum absolute atomic E-state index is 13.1. The van der Waals surface area contributed by atoms with Crippen LogP contribution in [0.1, 0.15) is 20.7 Å². The molecule has 0 bridgehead atoms. The lowest BCUT2D eigenvalue weighted by Gasteiger charge is -2.36. The van der Waals surface area contributed by atoms with Gasteiger partial charge >= 0.3 is 0 Å². The molecule has 0 saturated carbocycles. The van der Waals surface area contributed by atoms with E-state index in [4.69, 9.17) is 9.47 Å². The molecule has 3 aromatic rings. The molecule has 37 heavy (non-hydrogen) atoms. The van der Waals surface area contributed by atoms with Gasteiger partial charge in [0.2, 0.25) is 0 Å². The second kappa shape index (κ2) is 11.9. The summed E-state index contributed by atoms with van der Waals surface area (Å²) in [5.41, 5.74) is 1.19. The van der Waals surface area contributed by atoms with Gasteiger partial charge in [-0.2, -0.15) is 0 Å². The Balaban J connectivity index is 0.00000320. The fourth-order valence-corrected chi connectivity index (χ4v) is 4.95. The van der Waals surface area contributed by atoms with Gasteiger partial charge in [-0.25, -0.2) is 0 Å². The second-order valence-corrected chi connectivity index (χ2v) is 9.26. The fourth-order valence-electron chi connectivity index (χ4n) is 4.95. The van der Waals surface area contributed by atoms with Crippen molar-refractivity contribution in [2.45, 2.75) is 6.10 Å². The van der Waals surface area contributed by atoms with Crippen molar-refractivity contribution in [1.29, 1.82) is 0 Å². The van der Waals surface area contributed by atoms with Crippen molar-refractivity contribution in [2.24, 2.45) is 0 Å². The molecule has 2 aliphatic heterocycles. The summed E-state index contributed by atoms with van der Waals surface area (Å²) in [4.78, 5) is 32.0. The number of benzene rings is 3. The third-order valence-corrected chi connectivity index (χ3v) is 6.91. The number of carbonyl (C=O) groups is 2. The van der Waals surface area contributed by atoms with Gasteiger partial charge in [-0.05, 0) is 29.7 Å². The number of piperazine rings is 1. The Morgan fingerprint density at radius 3 is 2.08 bits per heavy atom. The zero-order chi connectivity index (χ0) is 25.1. The highest BCUT2D eigenvalue weighted by Gasteiger charge is 2.33. The number of carbonyl (C=O) groups excluding carboxylic acids is 2. The molecule has 0 aliphatic carbocycles. The number of aliphatic hydroxyl groups is 1. The third kappa shape index (κ3) is 5.88. The van der Waals surface area contributed by atoms with Crippen LogP contribution in [0.4, 0.5) is 0 Å². The molecule has 9 heteroatoms. The number of hydrogen-bond donors (Lipinski definition) is 1. The predicted octanol–water partition coefficient (Wildman–Crippen LogP) is -0.494. The molecule has 2 heterocycles. The lowest BCUT2D eigenvalue weighted by Crippen LogP contribution is -3.00. The van der Waals surface area contributed by atoms with Crippen molar-refractivity contribution < 1.29 is 36.6 Å². The summed E-state index contributed by atoms with van der Waals surface area (Å²) in [5, 5.41) is 12.1. The zero-order valence-corrected chi connectivity index (χ0v) is 21.6. The lowest BCUT2D eigenvalue weighted by atomic mass is 9.94. The summed E-state index contributed by atoms with van der Waals surface area (Å²) < 4.78 is 10.9. The van der Waals surface area contributed by atoms with E-state index in [2.05, 4.69) is 9.80 Å². The number of aliphatic hydroxyl groups excluding tert-OH is 1. The van der Waals surface area contributed by atoms with Crippen molar-refractivity contribution in [3.05, 3.63) is 71.8 Å². The van der Waals surface area contributed by atoms with Crippen molar-refractivity contribution in [2.75, 3.05) is 59.5 Å². The molecule has 0 aromatic heterocycles. The smallest absolute Gasteiger partial charge is 0.261 e. The summed E-state index contributed by atoms with van der Waals surface area (Å²) in [7, 11) is 1.61. The van der Waals surface area contributed by atoms with Crippen molar-refractivity contribution >= 4 is 22.6 Å². The molecule has 1 fully saturated rings. The average molecular weight is 525 g/mol. The summed E-state index contributed by atoms with van der Waals surface area (Å²) in [6.45, 7) is 4.96. The standard InChI is InChI=1S/C28H31N3O5.ClH/c1-35-22-7-4-8-23(17-22)36-19-21(32)18-30-13-11-29(12-14-30)15-16-31-27(33)24-9-2-5-20-6-3-10-25(26(20)24)28(31)34;/h2-10,17,21,32H,11-16,18-19H2,1H3;1H/p-1. The predicted molar refractivity (Wildman–Crippen MR) is 137 cm³/mol. The molecule has 5 rings (SSSR count). The van der Waals surface area contributed by atoms with Crippen LogP contribution in [-0.4, -0.2) is 97.3 Å². The fraction of sp³-hybridized carbons (Fsp3) is 0.357. The first-order valence-corrected chi connectivity index (χ1v) is 12.3. The number of imide groups is 1. The van der Waals surface area contributed by atoms with Gasteiger partial charge in [0.1, 0.15) is 24.2 Å². The molecule has 0 radical (unpaired) electrons. The molecular weight excluding hydrogens is 494 g/mol. The van der Waals surface area contributed by atoms with E-state index < -0.39 is 6.10 Å². The Morgan fingerprint density at radius 1 is 0.838 bits per heavy atom. The Labute approximate surface area is 222 Å². The normalized spacial score (nSPS) is 17.0. The van der Waals surface area contributed by atoms with Crippen LogP contribution in [0.5, 0.6) is 11.5 Å². The van der Waals surface area contributed by atoms with Crippen LogP contribution in [0.2, 0.25) is 0 Å². The molecule has 1 saturated heterocycles. The van der Waals surface area contributed by atoms with E-state index >= 15 is 0 Å². The zero-order valence-electron chi connectivity index (χ0n) is 20.8. The highest BCUT2D eigenvalue weighted by molar-refractivity contribution is 6.25. The van der Waals surface area contributed by atoms with E-state index in [9.17, 15) is 14.7 Å². The highest BCUT2D eigenvalue weighted by atomic mass is 35.5. The van der Waals surface area contributed by atoms with Gasteiger partial charge in [0, 0.05) is 68.4 Å². The number of hydrogen-bond acceptors (Lipinski definition) is 7. The molecule has 8 nitrogen and oxygen atoms in total. The molecule has 1 unspecified atom stereocenters. The molecule has 1 N–H and O–H groups in total. The van der Waals surface area contributed by atoms with Gasteiger partial charge in [0.15, 0.2) is 0 Å². The molecule has 196 valence electrons. The summed E-state index contributed by atoms with van der Waals surface area (Å²) in [6, 6.07) is 18.5. The topological polar surface area (TPSA) is 82.6 Å². The number of amides is 2. The van der Waals surface area contributed by atoms with Crippen molar-refractivity contribution in [3.63, 3.8) is 0 Å². The van der Waals surface area contributed by atoms with Gasteiger partial charge in [0.25, 0.3) is 11.8 Å². The average Bonchev–Trinajstić information content (AvgIpc) is 2.91. The van der Waals surface area contributed by atoms with E-state index in [-0.39, 0.29) is 30.8 Å². The number of ether oxygens (including phenoxy) is 2. The molecule has 2 aliphatic rings. The maximum Gasteiger partial charge on any atom is 0.261 e. The monoisotopic (exact) mass is 524 g/mol. The number of halogens is 1. The van der Waals surface area contributed by atoms with Gasteiger partial charge in [0.05, 0.1) is 7.11 Å². The van der Waals surface area contributed by atoms with Crippen molar-refractivity contribution in [1.82, 2.24) is 14.7 Å². The van der Waals surface area contributed by atoms with E-state index in [1.54, 1.807) is 25.3 Å². The summed E-state index contributed by atoms with van der Waals surface area (Å²) in [5.74, 6) is 0.940. The summed E-state index contributed by atoms with van der Waals surface area (Å²) >= 11 is 0. The maximum atomic E-state index is 13.1. The molecule has 0 spiro atoms. The Kier molecular flexibility index (Phi) is 8.66. The minimum atomic E-state index is -0.603. The van der Waals surface area contributed by atoms with Crippen LogP contribution in [0.3, 0.4) is 0 Å². The highest BCUT2D eigenvalue weighted by Crippen LogP contribution is 2.29. The minimum Gasteiger partial charge on any atom is -1.00 e. The van der Waals surface area contributed by atoms with E-state index in [0.29, 0.717) is 42.3 Å². The Bertz CT molecular complexity index is 1210. The number of β-amino-alcohol motifs (C(OH)–C–C–N with tert-alkyl or cyclic N) is 1. The van der Waals surface area contributed by atoms with Crippen LogP contribution in [0, 0.1) is 0 Å². The minimum absolute atomic E-state index is 0. The third-order valence-electron chi connectivity index (χ3n) is 6.91. The summed E-state index contributed by atoms with van der Waals surface area (Å²) in [6.07, 6.45) is -0.603. The largest absolute Gasteiger partial charge is 1.00 e. The second-order valence-electron chi connectivity index (χ2n) is 9.26. The Morgan fingerprint density at radius 2 is 1.43 bits per heavy atom. The van der Waals surface area contributed by atoms with Crippen LogP contribution >= 0.6 is 0 Å².